The molecule has 0 saturated carbocycles. The first kappa shape index (κ1) is 8.22. The van der Waals surface area contributed by atoms with E-state index in [1.54, 1.807) is 0 Å². The molecule has 0 radical (unpaired) electrons. The zero-order chi connectivity index (χ0) is 10.5. The standard InChI is InChI=1S/C14H10O2/c1-2-4-11-9(3-1)7-10-5-6-12-14(13(10)11)16-8-15-12/h1-6H,7-8H2. The van der Waals surface area contributed by atoms with Crippen molar-refractivity contribution in [2.24, 2.45) is 0 Å². The van der Waals surface area contributed by atoms with E-state index in [2.05, 4.69) is 30.3 Å². The van der Waals surface area contributed by atoms with Crippen LogP contribution in [0.5, 0.6) is 11.5 Å². The highest BCUT2D eigenvalue weighted by Gasteiger charge is 2.27. The zero-order valence-corrected chi connectivity index (χ0v) is 8.69. The minimum Gasteiger partial charge on any atom is -0.454 e. The van der Waals surface area contributed by atoms with E-state index >= 15 is 0 Å². The minimum absolute atomic E-state index is 0.341. The maximum absolute atomic E-state index is 5.58. The Balaban J connectivity index is 2.06. The van der Waals surface area contributed by atoms with E-state index in [4.69, 9.17) is 9.47 Å². The van der Waals surface area contributed by atoms with Crippen molar-refractivity contribution in [3.63, 3.8) is 0 Å². The molecule has 2 heteroatoms. The number of rotatable bonds is 0. The summed E-state index contributed by atoms with van der Waals surface area (Å²) < 4.78 is 11.0. The molecule has 0 saturated heterocycles. The summed E-state index contributed by atoms with van der Waals surface area (Å²) in [4.78, 5) is 0. The van der Waals surface area contributed by atoms with E-state index in [0.717, 1.165) is 17.9 Å². The van der Waals surface area contributed by atoms with Gasteiger partial charge in [-0.15, -0.1) is 0 Å². The summed E-state index contributed by atoms with van der Waals surface area (Å²) in [7, 11) is 0. The molecule has 2 aromatic rings. The zero-order valence-electron chi connectivity index (χ0n) is 8.69. The molecule has 16 heavy (non-hydrogen) atoms. The molecule has 0 unspecified atom stereocenters. The normalized spacial score (nSPS) is 14.8. The van der Waals surface area contributed by atoms with Crippen LogP contribution >= 0.6 is 0 Å². The minimum atomic E-state index is 0.341. The van der Waals surface area contributed by atoms with Gasteiger partial charge < -0.3 is 9.47 Å². The summed E-state index contributed by atoms with van der Waals surface area (Å²) in [5.74, 6) is 1.79. The molecule has 4 rings (SSSR count). The van der Waals surface area contributed by atoms with Crippen molar-refractivity contribution in [3.05, 3.63) is 47.5 Å². The van der Waals surface area contributed by atoms with Crippen LogP contribution in [-0.2, 0) is 6.42 Å². The highest BCUT2D eigenvalue weighted by atomic mass is 16.7. The summed E-state index contributed by atoms with van der Waals surface area (Å²) in [6.07, 6.45) is 1.00. The number of hydrogen-bond acceptors (Lipinski definition) is 2. The molecule has 1 aliphatic carbocycles. The quantitative estimate of drug-likeness (QED) is 0.568. The van der Waals surface area contributed by atoms with Crippen LogP contribution in [0.25, 0.3) is 11.1 Å². The van der Waals surface area contributed by atoms with Gasteiger partial charge in [0.25, 0.3) is 0 Å². The number of hydrogen-bond donors (Lipinski definition) is 0. The van der Waals surface area contributed by atoms with Crippen LogP contribution in [0, 0.1) is 0 Å². The molecule has 2 aliphatic rings. The van der Waals surface area contributed by atoms with Crippen LogP contribution in [0.4, 0.5) is 0 Å². The summed E-state index contributed by atoms with van der Waals surface area (Å²) >= 11 is 0. The Morgan fingerprint density at radius 2 is 1.81 bits per heavy atom. The van der Waals surface area contributed by atoms with Crippen LogP contribution < -0.4 is 9.47 Å². The summed E-state index contributed by atoms with van der Waals surface area (Å²) in [6, 6.07) is 12.6. The predicted octanol–water partition coefficient (Wildman–Crippen LogP) is 2.99. The number of benzene rings is 2. The molecule has 0 amide bonds. The van der Waals surface area contributed by atoms with Crippen molar-refractivity contribution >= 4 is 0 Å². The highest BCUT2D eigenvalue weighted by molar-refractivity contribution is 5.84. The number of ether oxygens (including phenoxy) is 2. The predicted molar refractivity (Wildman–Crippen MR) is 60.8 cm³/mol. The molecular formula is C14H10O2. The maximum atomic E-state index is 5.58. The Morgan fingerprint density at radius 1 is 0.875 bits per heavy atom. The van der Waals surface area contributed by atoms with Crippen molar-refractivity contribution in [2.75, 3.05) is 6.79 Å². The lowest BCUT2D eigenvalue weighted by molar-refractivity contribution is 0.174. The summed E-state index contributed by atoms with van der Waals surface area (Å²) in [5.41, 5.74) is 5.23. The third-order valence-corrected chi connectivity index (χ3v) is 3.29. The van der Waals surface area contributed by atoms with Crippen molar-refractivity contribution in [3.8, 4) is 22.6 Å². The van der Waals surface area contributed by atoms with Crippen molar-refractivity contribution in [1.29, 1.82) is 0 Å². The molecule has 0 spiro atoms. The van der Waals surface area contributed by atoms with Gasteiger partial charge in [0.05, 0.1) is 0 Å². The van der Waals surface area contributed by atoms with Gasteiger partial charge in [0, 0.05) is 5.56 Å². The van der Waals surface area contributed by atoms with Gasteiger partial charge in [0.2, 0.25) is 6.79 Å². The van der Waals surface area contributed by atoms with Gasteiger partial charge in [0.1, 0.15) is 0 Å². The van der Waals surface area contributed by atoms with Crippen LogP contribution in [0.3, 0.4) is 0 Å². The second-order valence-corrected chi connectivity index (χ2v) is 4.17. The Labute approximate surface area is 93.4 Å². The molecule has 1 heterocycles. The average molecular weight is 210 g/mol. The van der Waals surface area contributed by atoms with Crippen LogP contribution in [0.1, 0.15) is 11.1 Å². The molecule has 0 atom stereocenters. The summed E-state index contributed by atoms with van der Waals surface area (Å²) in [6.45, 7) is 0.341. The van der Waals surface area contributed by atoms with E-state index in [9.17, 15) is 0 Å². The lowest BCUT2D eigenvalue weighted by atomic mass is 10.0. The van der Waals surface area contributed by atoms with Gasteiger partial charge in [-0.1, -0.05) is 30.3 Å². The Morgan fingerprint density at radius 3 is 2.81 bits per heavy atom. The second-order valence-electron chi connectivity index (χ2n) is 4.17. The second kappa shape index (κ2) is 2.79. The van der Waals surface area contributed by atoms with Crippen LogP contribution in [0.15, 0.2) is 36.4 Å². The fourth-order valence-corrected chi connectivity index (χ4v) is 2.58. The van der Waals surface area contributed by atoms with Crippen molar-refractivity contribution in [2.45, 2.75) is 6.42 Å². The van der Waals surface area contributed by atoms with Crippen molar-refractivity contribution in [1.82, 2.24) is 0 Å². The first-order valence-electron chi connectivity index (χ1n) is 5.43. The topological polar surface area (TPSA) is 18.5 Å². The van der Waals surface area contributed by atoms with E-state index in [-0.39, 0.29) is 0 Å². The molecule has 0 fully saturated rings. The third-order valence-electron chi connectivity index (χ3n) is 3.29. The SMILES string of the molecule is c1ccc2c(c1)Cc1ccc3c(c1-2)OCO3. The first-order valence-corrected chi connectivity index (χ1v) is 5.43. The molecular weight excluding hydrogens is 200 g/mol. The lowest BCUT2D eigenvalue weighted by Gasteiger charge is -2.04. The summed E-state index contributed by atoms with van der Waals surface area (Å²) in [5, 5.41) is 0. The number of fused-ring (bicyclic) bond motifs is 5. The smallest absolute Gasteiger partial charge is 0.231 e. The maximum Gasteiger partial charge on any atom is 0.231 e. The van der Waals surface area contributed by atoms with Crippen LogP contribution in [-0.4, -0.2) is 6.79 Å². The average Bonchev–Trinajstić information content (AvgIpc) is 2.91. The van der Waals surface area contributed by atoms with Gasteiger partial charge in [-0.25, -0.2) is 0 Å². The molecule has 2 aromatic carbocycles. The Bertz CT molecular complexity index is 587. The van der Waals surface area contributed by atoms with E-state index < -0.39 is 0 Å². The fourth-order valence-electron chi connectivity index (χ4n) is 2.58. The van der Waals surface area contributed by atoms with Gasteiger partial charge in [0.15, 0.2) is 11.5 Å². The molecule has 0 aromatic heterocycles. The van der Waals surface area contributed by atoms with Crippen LogP contribution in [0.2, 0.25) is 0 Å². The van der Waals surface area contributed by atoms with Gasteiger partial charge in [-0.3, -0.25) is 0 Å². The van der Waals surface area contributed by atoms with Gasteiger partial charge in [-0.2, -0.15) is 0 Å². The monoisotopic (exact) mass is 210 g/mol. The Hall–Kier alpha value is -1.96. The Kier molecular flexibility index (Phi) is 1.43. The van der Waals surface area contributed by atoms with E-state index in [1.165, 1.54) is 22.3 Å². The molecule has 78 valence electrons. The highest BCUT2D eigenvalue weighted by Crippen LogP contribution is 2.48. The molecule has 1 aliphatic heterocycles. The molecule has 2 nitrogen and oxygen atoms in total. The molecule has 0 N–H and O–H groups in total. The van der Waals surface area contributed by atoms with E-state index in [1.807, 2.05) is 6.07 Å². The van der Waals surface area contributed by atoms with Gasteiger partial charge >= 0.3 is 0 Å². The van der Waals surface area contributed by atoms with Crippen molar-refractivity contribution < 1.29 is 9.47 Å². The fraction of sp³-hybridized carbons (Fsp3) is 0.143. The first-order chi connectivity index (χ1) is 7.93. The lowest BCUT2D eigenvalue weighted by Crippen LogP contribution is -1.93. The molecule has 0 bridgehead atoms. The third kappa shape index (κ3) is 0.915. The van der Waals surface area contributed by atoms with E-state index in [0.29, 0.717) is 6.79 Å². The largest absolute Gasteiger partial charge is 0.454 e. The van der Waals surface area contributed by atoms with Gasteiger partial charge in [-0.05, 0) is 29.2 Å².